The Labute approximate surface area is 163 Å². The molecule has 142 valence electrons. The van der Waals surface area contributed by atoms with Gasteiger partial charge in [-0.2, -0.15) is 0 Å². The average molecular weight is 374 g/mol. The van der Waals surface area contributed by atoms with Crippen molar-refractivity contribution in [3.63, 3.8) is 0 Å². The van der Waals surface area contributed by atoms with Crippen molar-refractivity contribution in [1.82, 2.24) is 15.3 Å². The van der Waals surface area contributed by atoms with Crippen LogP contribution in [0.1, 0.15) is 43.4 Å². The maximum Gasteiger partial charge on any atom is 0.255 e. The first kappa shape index (κ1) is 18.1. The second kappa shape index (κ2) is 7.38. The highest BCUT2D eigenvalue weighted by Crippen LogP contribution is 2.42. The molecule has 0 saturated carbocycles. The summed E-state index contributed by atoms with van der Waals surface area (Å²) >= 11 is 0. The summed E-state index contributed by atoms with van der Waals surface area (Å²) in [5.41, 5.74) is 4.56. The number of Topliss-reactive ketones (excluding diaryl/α,β-unsaturated/α-hetero) is 1. The first-order valence-electron chi connectivity index (χ1n) is 9.43. The van der Waals surface area contributed by atoms with Gasteiger partial charge in [-0.25, -0.2) is 4.98 Å². The highest BCUT2D eigenvalue weighted by Gasteiger charge is 2.38. The Morgan fingerprint density at radius 1 is 1.18 bits per heavy atom. The summed E-state index contributed by atoms with van der Waals surface area (Å²) in [6.45, 7) is 3.75. The Morgan fingerprint density at radius 2 is 2.04 bits per heavy atom. The van der Waals surface area contributed by atoms with Crippen LogP contribution in [0.3, 0.4) is 0 Å². The van der Waals surface area contributed by atoms with E-state index in [0.29, 0.717) is 23.4 Å². The van der Waals surface area contributed by atoms with Crippen LogP contribution in [-0.2, 0) is 9.59 Å². The Kier molecular flexibility index (Phi) is 4.77. The zero-order valence-corrected chi connectivity index (χ0v) is 16.0. The van der Waals surface area contributed by atoms with E-state index < -0.39 is 5.92 Å². The van der Waals surface area contributed by atoms with Crippen molar-refractivity contribution in [2.45, 2.75) is 39.0 Å². The number of allylic oxidation sites excluding steroid dienone is 3. The van der Waals surface area contributed by atoms with Crippen molar-refractivity contribution in [3.05, 3.63) is 76.5 Å². The third-order valence-electron chi connectivity index (χ3n) is 5.17. The van der Waals surface area contributed by atoms with Gasteiger partial charge in [-0.3, -0.25) is 14.6 Å². The van der Waals surface area contributed by atoms with Crippen LogP contribution in [0.15, 0.2) is 65.3 Å². The van der Waals surface area contributed by atoms with Crippen molar-refractivity contribution >= 4 is 17.5 Å². The fourth-order valence-corrected chi connectivity index (χ4v) is 3.96. The molecule has 0 fully saturated rings. The lowest BCUT2D eigenvalue weighted by molar-refractivity contribution is -0.116. The molecular weight excluding hydrogens is 352 g/mol. The summed E-state index contributed by atoms with van der Waals surface area (Å²) in [6.07, 6.45) is 5.56. The smallest absolute Gasteiger partial charge is 0.255 e. The number of carbonyl (C=O) groups excluding carboxylic acids is 2. The quantitative estimate of drug-likeness (QED) is 0.860. The Balaban J connectivity index is 1.77. The number of hydrogen-bond donors (Lipinski definition) is 2. The van der Waals surface area contributed by atoms with Crippen molar-refractivity contribution in [3.8, 4) is 0 Å². The molecule has 0 bridgehead atoms. The molecule has 6 nitrogen and oxygen atoms in total. The first-order chi connectivity index (χ1) is 13.5. The Hall–Kier alpha value is -3.28. The number of aryl methyl sites for hydroxylation is 1. The number of carbonyl (C=O) groups is 2. The number of amides is 1. The molecule has 3 heterocycles. The number of pyridine rings is 2. The van der Waals surface area contributed by atoms with Crippen LogP contribution in [0.25, 0.3) is 0 Å². The molecule has 2 aromatic rings. The Bertz CT molecular complexity index is 1010. The normalized spacial score (nSPS) is 19.2. The molecular formula is C22H22N4O2. The summed E-state index contributed by atoms with van der Waals surface area (Å²) in [7, 11) is 0. The highest BCUT2D eigenvalue weighted by molar-refractivity contribution is 6.09. The van der Waals surface area contributed by atoms with Crippen LogP contribution in [0.2, 0.25) is 0 Å². The van der Waals surface area contributed by atoms with E-state index in [1.54, 1.807) is 18.5 Å². The van der Waals surface area contributed by atoms with E-state index in [1.165, 1.54) is 0 Å². The number of dihydropyridines is 1. The van der Waals surface area contributed by atoms with Gasteiger partial charge in [0.1, 0.15) is 5.82 Å². The van der Waals surface area contributed by atoms with E-state index in [-0.39, 0.29) is 11.7 Å². The lowest BCUT2D eigenvalue weighted by Crippen LogP contribution is -2.35. The predicted molar refractivity (Wildman–Crippen MR) is 106 cm³/mol. The number of hydrogen-bond acceptors (Lipinski definition) is 5. The van der Waals surface area contributed by atoms with Gasteiger partial charge in [-0.05, 0) is 50.5 Å². The van der Waals surface area contributed by atoms with E-state index in [1.807, 2.05) is 38.1 Å². The van der Waals surface area contributed by atoms with Gasteiger partial charge in [-0.15, -0.1) is 0 Å². The first-order valence-corrected chi connectivity index (χ1v) is 9.43. The molecule has 6 heteroatoms. The van der Waals surface area contributed by atoms with Crippen molar-refractivity contribution < 1.29 is 9.59 Å². The molecule has 28 heavy (non-hydrogen) atoms. The fraction of sp³-hybridized carbons (Fsp3) is 0.273. The monoisotopic (exact) mass is 374 g/mol. The topological polar surface area (TPSA) is 84.0 Å². The molecule has 0 spiro atoms. The van der Waals surface area contributed by atoms with E-state index in [4.69, 9.17) is 0 Å². The van der Waals surface area contributed by atoms with Gasteiger partial charge in [0, 0.05) is 53.0 Å². The van der Waals surface area contributed by atoms with Crippen LogP contribution < -0.4 is 10.6 Å². The van der Waals surface area contributed by atoms with E-state index in [2.05, 4.69) is 20.6 Å². The van der Waals surface area contributed by atoms with Gasteiger partial charge in [0.15, 0.2) is 5.78 Å². The van der Waals surface area contributed by atoms with Crippen LogP contribution in [0.5, 0.6) is 0 Å². The molecule has 2 N–H and O–H groups in total. The SMILES string of the molecule is CC1=C(C(=O)Nc2cccc(C)n2)[C@H](c2cccnc2)C2=C(CCCC2=O)N1. The Morgan fingerprint density at radius 3 is 2.79 bits per heavy atom. The summed E-state index contributed by atoms with van der Waals surface area (Å²) in [5, 5.41) is 6.20. The van der Waals surface area contributed by atoms with Crippen LogP contribution in [0, 0.1) is 6.92 Å². The highest BCUT2D eigenvalue weighted by atomic mass is 16.2. The van der Waals surface area contributed by atoms with Gasteiger partial charge in [0.05, 0.1) is 0 Å². The number of nitrogens with zero attached hydrogens (tertiary/aromatic N) is 2. The molecule has 0 aromatic carbocycles. The van der Waals surface area contributed by atoms with Crippen LogP contribution in [0.4, 0.5) is 5.82 Å². The van der Waals surface area contributed by atoms with Crippen molar-refractivity contribution in [2.24, 2.45) is 0 Å². The molecule has 1 amide bonds. The number of aromatic nitrogens is 2. The predicted octanol–water partition coefficient (Wildman–Crippen LogP) is 3.39. The van der Waals surface area contributed by atoms with Crippen LogP contribution in [-0.4, -0.2) is 21.7 Å². The second-order valence-electron chi connectivity index (χ2n) is 7.17. The molecule has 2 aliphatic rings. The summed E-state index contributed by atoms with van der Waals surface area (Å²) < 4.78 is 0. The molecule has 1 aliphatic carbocycles. The molecule has 2 aromatic heterocycles. The van der Waals surface area contributed by atoms with Crippen LogP contribution >= 0.6 is 0 Å². The summed E-state index contributed by atoms with van der Waals surface area (Å²) in [4.78, 5) is 34.6. The lowest BCUT2D eigenvalue weighted by atomic mass is 9.75. The molecule has 4 rings (SSSR count). The van der Waals surface area contributed by atoms with Gasteiger partial charge < -0.3 is 10.6 Å². The summed E-state index contributed by atoms with van der Waals surface area (Å²) in [5.74, 6) is -0.108. The third-order valence-corrected chi connectivity index (χ3v) is 5.17. The third kappa shape index (κ3) is 3.33. The maximum absolute atomic E-state index is 13.3. The second-order valence-corrected chi connectivity index (χ2v) is 7.17. The average Bonchev–Trinajstić information content (AvgIpc) is 2.67. The van der Waals surface area contributed by atoms with E-state index in [9.17, 15) is 9.59 Å². The standard InChI is InChI=1S/C22H22N4O2/c1-13-6-3-10-18(24-13)26-22(28)19-14(2)25-16-8-4-9-17(27)21(16)20(19)15-7-5-11-23-12-15/h3,5-7,10-12,20,25H,4,8-9H2,1-2H3,(H,24,26,28)/t20-/m0/s1. The van der Waals surface area contributed by atoms with Gasteiger partial charge in [-0.1, -0.05) is 12.1 Å². The minimum atomic E-state index is -0.428. The number of rotatable bonds is 3. The maximum atomic E-state index is 13.3. The molecule has 1 aliphatic heterocycles. The lowest BCUT2D eigenvalue weighted by Gasteiger charge is -2.34. The molecule has 0 saturated heterocycles. The minimum absolute atomic E-state index is 0.0917. The largest absolute Gasteiger partial charge is 0.362 e. The molecule has 1 atom stereocenters. The number of nitrogens with one attached hydrogen (secondary N) is 2. The summed E-state index contributed by atoms with van der Waals surface area (Å²) in [6, 6.07) is 9.23. The molecule has 0 radical (unpaired) electrons. The van der Waals surface area contributed by atoms with Gasteiger partial charge in [0.2, 0.25) is 0 Å². The zero-order chi connectivity index (χ0) is 19.7. The van der Waals surface area contributed by atoms with Crippen molar-refractivity contribution in [1.29, 1.82) is 0 Å². The number of anilines is 1. The fourth-order valence-electron chi connectivity index (χ4n) is 3.96. The number of ketones is 1. The van der Waals surface area contributed by atoms with Gasteiger partial charge in [0.25, 0.3) is 5.91 Å². The zero-order valence-electron chi connectivity index (χ0n) is 16.0. The van der Waals surface area contributed by atoms with Gasteiger partial charge >= 0.3 is 0 Å². The van der Waals surface area contributed by atoms with E-state index >= 15 is 0 Å². The minimum Gasteiger partial charge on any atom is -0.362 e. The van der Waals surface area contributed by atoms with E-state index in [0.717, 1.165) is 35.5 Å². The molecule has 0 unspecified atom stereocenters. The van der Waals surface area contributed by atoms with Crippen molar-refractivity contribution in [2.75, 3.05) is 5.32 Å².